The fourth-order valence-electron chi connectivity index (χ4n) is 1.95. The molecule has 0 fully saturated rings. The number of carbonyl (C=O) groups excluding carboxylic acids is 1. The number of nitrogens with two attached hydrogens (primary N) is 1. The lowest BCUT2D eigenvalue weighted by atomic mass is 10.1. The Balaban J connectivity index is 2.28. The van der Waals surface area contributed by atoms with Gasteiger partial charge in [0, 0.05) is 17.2 Å². The van der Waals surface area contributed by atoms with Gasteiger partial charge < -0.3 is 11.1 Å². The standard InChI is InChI=1S/C15H13ClF2N2O/c1-8(11-4-3-10(17)7-13(11)18)20-14-6-9(15(19)21)2-5-12(14)16/h2-8,20H,1H3,(H2,19,21). The molecule has 0 bridgehead atoms. The van der Waals surface area contributed by atoms with E-state index in [1.165, 1.54) is 30.3 Å². The maximum atomic E-state index is 13.7. The largest absolute Gasteiger partial charge is 0.377 e. The number of halogens is 3. The minimum atomic E-state index is -0.655. The number of anilines is 1. The third-order valence-electron chi connectivity index (χ3n) is 3.05. The summed E-state index contributed by atoms with van der Waals surface area (Å²) >= 11 is 6.03. The fraction of sp³-hybridized carbons (Fsp3) is 0.133. The Kier molecular flexibility index (Phi) is 4.43. The number of hydrogen-bond acceptors (Lipinski definition) is 2. The van der Waals surface area contributed by atoms with E-state index >= 15 is 0 Å². The molecule has 0 radical (unpaired) electrons. The first-order chi connectivity index (χ1) is 9.88. The Morgan fingerprint density at radius 1 is 1.24 bits per heavy atom. The molecule has 0 heterocycles. The highest BCUT2D eigenvalue weighted by atomic mass is 35.5. The second-order valence-electron chi connectivity index (χ2n) is 4.59. The Labute approximate surface area is 125 Å². The molecular weight excluding hydrogens is 298 g/mol. The molecular formula is C15H13ClF2N2O. The summed E-state index contributed by atoms with van der Waals surface area (Å²) in [5.41, 5.74) is 6.23. The van der Waals surface area contributed by atoms with Crippen LogP contribution in [0.2, 0.25) is 5.02 Å². The smallest absolute Gasteiger partial charge is 0.248 e. The van der Waals surface area contributed by atoms with E-state index in [0.29, 0.717) is 10.7 Å². The van der Waals surface area contributed by atoms with E-state index in [2.05, 4.69) is 5.32 Å². The number of rotatable bonds is 4. The van der Waals surface area contributed by atoms with Gasteiger partial charge in [0.1, 0.15) is 11.6 Å². The van der Waals surface area contributed by atoms with Gasteiger partial charge in [-0.2, -0.15) is 0 Å². The first kappa shape index (κ1) is 15.3. The zero-order valence-corrected chi connectivity index (χ0v) is 11.9. The van der Waals surface area contributed by atoms with Crippen LogP contribution in [0.3, 0.4) is 0 Å². The van der Waals surface area contributed by atoms with Crippen molar-refractivity contribution in [2.75, 3.05) is 5.32 Å². The van der Waals surface area contributed by atoms with E-state index in [4.69, 9.17) is 17.3 Å². The van der Waals surface area contributed by atoms with Gasteiger partial charge in [-0.1, -0.05) is 17.7 Å². The molecule has 0 spiro atoms. The number of nitrogens with one attached hydrogen (secondary N) is 1. The van der Waals surface area contributed by atoms with Crippen molar-refractivity contribution in [1.29, 1.82) is 0 Å². The lowest BCUT2D eigenvalue weighted by Crippen LogP contribution is -2.13. The first-order valence-electron chi connectivity index (χ1n) is 6.19. The van der Waals surface area contributed by atoms with Gasteiger partial charge in [0.05, 0.1) is 16.8 Å². The van der Waals surface area contributed by atoms with Crippen molar-refractivity contribution in [2.45, 2.75) is 13.0 Å². The Hall–Kier alpha value is -2.14. The van der Waals surface area contributed by atoms with Gasteiger partial charge in [-0.05, 0) is 31.2 Å². The van der Waals surface area contributed by atoms with Crippen LogP contribution in [-0.4, -0.2) is 5.91 Å². The van der Waals surface area contributed by atoms with Gasteiger partial charge in [0.15, 0.2) is 0 Å². The van der Waals surface area contributed by atoms with Crippen LogP contribution in [0, 0.1) is 11.6 Å². The number of amides is 1. The summed E-state index contributed by atoms with van der Waals surface area (Å²) in [6, 6.07) is 7.40. The lowest BCUT2D eigenvalue weighted by molar-refractivity contribution is 0.100. The third kappa shape index (κ3) is 3.49. The van der Waals surface area contributed by atoms with Crippen molar-refractivity contribution in [3.8, 4) is 0 Å². The predicted molar refractivity (Wildman–Crippen MR) is 78.4 cm³/mol. The van der Waals surface area contributed by atoms with E-state index in [9.17, 15) is 13.6 Å². The molecule has 1 unspecified atom stereocenters. The van der Waals surface area contributed by atoms with Crippen molar-refractivity contribution in [3.05, 3.63) is 64.2 Å². The quantitative estimate of drug-likeness (QED) is 0.900. The maximum absolute atomic E-state index is 13.7. The van der Waals surface area contributed by atoms with Crippen LogP contribution in [0.25, 0.3) is 0 Å². The van der Waals surface area contributed by atoms with Crippen molar-refractivity contribution in [1.82, 2.24) is 0 Å². The molecule has 21 heavy (non-hydrogen) atoms. The van der Waals surface area contributed by atoms with Crippen LogP contribution in [0.15, 0.2) is 36.4 Å². The maximum Gasteiger partial charge on any atom is 0.248 e. The van der Waals surface area contributed by atoms with Gasteiger partial charge >= 0.3 is 0 Å². The van der Waals surface area contributed by atoms with Crippen LogP contribution in [-0.2, 0) is 0 Å². The molecule has 2 aromatic rings. The number of hydrogen-bond donors (Lipinski definition) is 2. The molecule has 6 heteroatoms. The molecule has 0 aliphatic carbocycles. The molecule has 0 aliphatic heterocycles. The zero-order chi connectivity index (χ0) is 15.6. The van der Waals surface area contributed by atoms with Gasteiger partial charge in [-0.15, -0.1) is 0 Å². The van der Waals surface area contributed by atoms with Crippen LogP contribution >= 0.6 is 11.6 Å². The SMILES string of the molecule is CC(Nc1cc(C(N)=O)ccc1Cl)c1ccc(F)cc1F. The topological polar surface area (TPSA) is 55.1 Å². The third-order valence-corrected chi connectivity index (χ3v) is 3.38. The van der Waals surface area contributed by atoms with E-state index in [1.54, 1.807) is 6.92 Å². The van der Waals surface area contributed by atoms with Gasteiger partial charge in [-0.3, -0.25) is 4.79 Å². The second-order valence-corrected chi connectivity index (χ2v) is 5.00. The van der Waals surface area contributed by atoms with Crippen LogP contribution in [0.5, 0.6) is 0 Å². The van der Waals surface area contributed by atoms with Gasteiger partial charge in [0.2, 0.25) is 5.91 Å². The second kappa shape index (κ2) is 6.10. The molecule has 0 aliphatic rings. The first-order valence-corrected chi connectivity index (χ1v) is 6.57. The molecule has 2 aromatic carbocycles. The molecule has 1 atom stereocenters. The predicted octanol–water partition coefficient (Wildman–Crippen LogP) is 3.89. The number of carbonyl (C=O) groups is 1. The minimum Gasteiger partial charge on any atom is -0.377 e. The average molecular weight is 311 g/mol. The molecule has 1 amide bonds. The Bertz CT molecular complexity index is 691. The monoisotopic (exact) mass is 310 g/mol. The normalized spacial score (nSPS) is 12.0. The number of benzene rings is 2. The number of primary amides is 1. The summed E-state index contributed by atoms with van der Waals surface area (Å²) in [6.45, 7) is 1.70. The summed E-state index contributed by atoms with van der Waals surface area (Å²) in [7, 11) is 0. The highest BCUT2D eigenvalue weighted by Gasteiger charge is 2.14. The molecule has 0 saturated heterocycles. The van der Waals surface area contributed by atoms with E-state index in [1.807, 2.05) is 0 Å². The van der Waals surface area contributed by atoms with Crippen LogP contribution in [0.1, 0.15) is 28.9 Å². The van der Waals surface area contributed by atoms with Gasteiger partial charge in [-0.25, -0.2) is 8.78 Å². The summed E-state index contributed by atoms with van der Waals surface area (Å²) in [6.07, 6.45) is 0. The van der Waals surface area contributed by atoms with Crippen molar-refractivity contribution in [3.63, 3.8) is 0 Å². The van der Waals surface area contributed by atoms with Crippen molar-refractivity contribution in [2.24, 2.45) is 5.73 Å². The average Bonchev–Trinajstić information content (AvgIpc) is 2.40. The molecule has 2 rings (SSSR count). The highest BCUT2D eigenvalue weighted by molar-refractivity contribution is 6.33. The summed E-state index contributed by atoms with van der Waals surface area (Å²) in [5.74, 6) is -1.88. The van der Waals surface area contributed by atoms with Gasteiger partial charge in [0.25, 0.3) is 0 Å². The molecule has 0 aromatic heterocycles. The fourth-order valence-corrected chi connectivity index (χ4v) is 2.12. The van der Waals surface area contributed by atoms with E-state index in [0.717, 1.165) is 6.07 Å². The Morgan fingerprint density at radius 2 is 1.95 bits per heavy atom. The summed E-state index contributed by atoms with van der Waals surface area (Å²) in [5, 5.41) is 3.35. The Morgan fingerprint density at radius 3 is 2.57 bits per heavy atom. The van der Waals surface area contributed by atoms with E-state index in [-0.39, 0.29) is 11.1 Å². The van der Waals surface area contributed by atoms with E-state index < -0.39 is 23.6 Å². The van der Waals surface area contributed by atoms with Crippen LogP contribution in [0.4, 0.5) is 14.5 Å². The molecule has 3 N–H and O–H groups in total. The lowest BCUT2D eigenvalue weighted by Gasteiger charge is -2.18. The van der Waals surface area contributed by atoms with Crippen molar-refractivity contribution < 1.29 is 13.6 Å². The minimum absolute atomic E-state index is 0.286. The molecule has 3 nitrogen and oxygen atoms in total. The zero-order valence-electron chi connectivity index (χ0n) is 11.2. The summed E-state index contributed by atoms with van der Waals surface area (Å²) in [4.78, 5) is 11.2. The van der Waals surface area contributed by atoms with Crippen LogP contribution < -0.4 is 11.1 Å². The molecule has 0 saturated carbocycles. The summed E-state index contributed by atoms with van der Waals surface area (Å²) < 4.78 is 26.6. The molecule has 110 valence electrons. The highest BCUT2D eigenvalue weighted by Crippen LogP contribution is 2.28. The van der Waals surface area contributed by atoms with Crippen molar-refractivity contribution >= 4 is 23.2 Å².